The molecule has 0 N–H and O–H groups in total. The predicted octanol–water partition coefficient (Wildman–Crippen LogP) is 4.00. The number of esters is 1. The molecule has 0 unspecified atom stereocenters. The number of thioether (sulfide) groups is 1. The molecule has 4 nitrogen and oxygen atoms in total. The van der Waals surface area contributed by atoms with Crippen molar-refractivity contribution in [1.29, 1.82) is 0 Å². The number of carbonyl (C=O) groups excluding carboxylic acids is 2. The van der Waals surface area contributed by atoms with Crippen LogP contribution in [0.1, 0.15) is 28.8 Å². The Hall–Kier alpha value is -2.27. The fourth-order valence-corrected chi connectivity index (χ4v) is 3.97. The zero-order valence-electron chi connectivity index (χ0n) is 14.9. The third-order valence-corrected chi connectivity index (χ3v) is 5.75. The minimum absolute atomic E-state index is 0.0376. The number of rotatable bonds is 5. The lowest BCUT2D eigenvalue weighted by Gasteiger charge is -2.30. The van der Waals surface area contributed by atoms with Crippen LogP contribution in [0.25, 0.3) is 0 Å². The summed E-state index contributed by atoms with van der Waals surface area (Å²) >= 11 is 1.78. The van der Waals surface area contributed by atoms with Crippen LogP contribution in [-0.2, 0) is 15.3 Å². The van der Waals surface area contributed by atoms with Crippen molar-refractivity contribution in [1.82, 2.24) is 4.90 Å². The highest BCUT2D eigenvalue weighted by Crippen LogP contribution is 2.23. The van der Waals surface area contributed by atoms with Gasteiger partial charge in [0.05, 0.1) is 13.0 Å². The Bertz CT molecular complexity index is 738. The standard InChI is InChI=1S/C21H23NO3S/c1-25-21(24)18-11-13-22(14-12-18)20(23)17-9-7-16(8-10-17)15-26-19-5-3-2-4-6-19/h2-10,18H,11-15H2,1H3. The van der Waals surface area contributed by atoms with Crippen LogP contribution >= 0.6 is 11.8 Å². The van der Waals surface area contributed by atoms with Gasteiger partial charge in [0.15, 0.2) is 0 Å². The van der Waals surface area contributed by atoms with Crippen LogP contribution in [0.5, 0.6) is 0 Å². The van der Waals surface area contributed by atoms with Crippen LogP contribution in [0.2, 0.25) is 0 Å². The molecule has 1 aliphatic rings. The predicted molar refractivity (Wildman–Crippen MR) is 103 cm³/mol. The van der Waals surface area contributed by atoms with Gasteiger partial charge in [0.25, 0.3) is 5.91 Å². The van der Waals surface area contributed by atoms with E-state index in [9.17, 15) is 9.59 Å². The van der Waals surface area contributed by atoms with Crippen molar-refractivity contribution in [2.45, 2.75) is 23.5 Å². The number of methoxy groups -OCH3 is 1. The molecule has 2 aromatic carbocycles. The maximum absolute atomic E-state index is 12.6. The van der Waals surface area contributed by atoms with Gasteiger partial charge < -0.3 is 9.64 Å². The molecule has 1 heterocycles. The fraction of sp³-hybridized carbons (Fsp3) is 0.333. The second-order valence-electron chi connectivity index (χ2n) is 6.39. The largest absolute Gasteiger partial charge is 0.469 e. The number of nitrogens with zero attached hydrogens (tertiary/aromatic N) is 1. The molecule has 0 saturated carbocycles. The smallest absolute Gasteiger partial charge is 0.308 e. The molecule has 26 heavy (non-hydrogen) atoms. The summed E-state index contributed by atoms with van der Waals surface area (Å²) in [5.74, 6) is 0.664. The Labute approximate surface area is 158 Å². The lowest BCUT2D eigenvalue weighted by atomic mass is 9.96. The number of amides is 1. The topological polar surface area (TPSA) is 46.6 Å². The van der Waals surface area contributed by atoms with E-state index in [1.807, 2.05) is 47.4 Å². The van der Waals surface area contributed by atoms with Gasteiger partial charge in [-0.15, -0.1) is 11.8 Å². The van der Waals surface area contributed by atoms with Crippen molar-refractivity contribution < 1.29 is 14.3 Å². The van der Waals surface area contributed by atoms with Gasteiger partial charge in [-0.25, -0.2) is 0 Å². The first-order valence-electron chi connectivity index (χ1n) is 8.81. The van der Waals surface area contributed by atoms with Crippen molar-refractivity contribution in [2.24, 2.45) is 5.92 Å². The summed E-state index contributed by atoms with van der Waals surface area (Å²) < 4.78 is 4.79. The number of likely N-dealkylation sites (tertiary alicyclic amines) is 1. The molecular formula is C21H23NO3S. The molecule has 136 valence electrons. The third kappa shape index (κ3) is 4.67. The molecule has 0 aromatic heterocycles. The minimum atomic E-state index is -0.169. The van der Waals surface area contributed by atoms with Crippen molar-refractivity contribution in [3.8, 4) is 0 Å². The molecule has 2 aromatic rings. The van der Waals surface area contributed by atoms with Gasteiger partial charge in [-0.1, -0.05) is 30.3 Å². The summed E-state index contributed by atoms with van der Waals surface area (Å²) in [6.45, 7) is 1.20. The lowest BCUT2D eigenvalue weighted by molar-refractivity contribution is -0.146. The maximum Gasteiger partial charge on any atom is 0.308 e. The zero-order valence-corrected chi connectivity index (χ0v) is 15.7. The van der Waals surface area contributed by atoms with Crippen LogP contribution in [-0.4, -0.2) is 37.0 Å². The molecule has 3 rings (SSSR count). The summed E-state index contributed by atoms with van der Waals surface area (Å²) in [6, 6.07) is 18.1. The highest BCUT2D eigenvalue weighted by molar-refractivity contribution is 7.98. The Balaban J connectivity index is 1.53. The lowest BCUT2D eigenvalue weighted by Crippen LogP contribution is -2.40. The quantitative estimate of drug-likeness (QED) is 0.590. The molecule has 5 heteroatoms. The van der Waals surface area contributed by atoms with Gasteiger partial charge in [-0.05, 0) is 42.7 Å². The van der Waals surface area contributed by atoms with E-state index in [0.717, 1.165) is 5.75 Å². The number of ether oxygens (including phenoxy) is 1. The molecule has 1 fully saturated rings. The van der Waals surface area contributed by atoms with Gasteiger partial charge in [-0.3, -0.25) is 9.59 Å². The van der Waals surface area contributed by atoms with E-state index in [1.165, 1.54) is 17.6 Å². The summed E-state index contributed by atoms with van der Waals surface area (Å²) in [7, 11) is 1.41. The number of hydrogen-bond donors (Lipinski definition) is 0. The van der Waals surface area contributed by atoms with E-state index >= 15 is 0 Å². The normalized spacial score (nSPS) is 14.9. The zero-order chi connectivity index (χ0) is 18.4. The molecule has 0 spiro atoms. The first kappa shape index (κ1) is 18.5. The molecule has 1 saturated heterocycles. The minimum Gasteiger partial charge on any atom is -0.469 e. The van der Waals surface area contributed by atoms with Crippen molar-refractivity contribution >= 4 is 23.6 Å². The third-order valence-electron chi connectivity index (χ3n) is 4.67. The molecule has 0 atom stereocenters. The summed E-state index contributed by atoms with van der Waals surface area (Å²) in [4.78, 5) is 27.3. The van der Waals surface area contributed by atoms with E-state index in [4.69, 9.17) is 4.74 Å². The van der Waals surface area contributed by atoms with Crippen molar-refractivity contribution in [3.05, 3.63) is 65.7 Å². The number of benzene rings is 2. The van der Waals surface area contributed by atoms with E-state index < -0.39 is 0 Å². The fourth-order valence-electron chi connectivity index (χ4n) is 3.09. The number of piperidine rings is 1. The van der Waals surface area contributed by atoms with Gasteiger partial charge in [-0.2, -0.15) is 0 Å². The molecule has 0 aliphatic carbocycles. The van der Waals surface area contributed by atoms with Gasteiger partial charge in [0, 0.05) is 29.3 Å². The molecule has 0 bridgehead atoms. The summed E-state index contributed by atoms with van der Waals surface area (Å²) in [5.41, 5.74) is 1.90. The van der Waals surface area contributed by atoms with Gasteiger partial charge >= 0.3 is 5.97 Å². The Kier molecular flexibility index (Phi) is 6.34. The second-order valence-corrected chi connectivity index (χ2v) is 7.44. The first-order valence-corrected chi connectivity index (χ1v) is 9.80. The van der Waals surface area contributed by atoms with E-state index in [1.54, 1.807) is 11.8 Å². The van der Waals surface area contributed by atoms with Crippen LogP contribution in [0.4, 0.5) is 0 Å². The van der Waals surface area contributed by atoms with Crippen LogP contribution in [0.3, 0.4) is 0 Å². The van der Waals surface area contributed by atoms with Gasteiger partial charge in [0.2, 0.25) is 0 Å². The van der Waals surface area contributed by atoms with Gasteiger partial charge in [0.1, 0.15) is 0 Å². The van der Waals surface area contributed by atoms with Crippen LogP contribution in [0.15, 0.2) is 59.5 Å². The SMILES string of the molecule is COC(=O)C1CCN(C(=O)c2ccc(CSc3ccccc3)cc2)CC1. The maximum atomic E-state index is 12.6. The highest BCUT2D eigenvalue weighted by Gasteiger charge is 2.28. The first-order chi connectivity index (χ1) is 12.7. The summed E-state index contributed by atoms with van der Waals surface area (Å²) in [6.07, 6.45) is 1.34. The molecule has 0 radical (unpaired) electrons. The number of carbonyl (C=O) groups is 2. The number of hydrogen-bond acceptors (Lipinski definition) is 4. The van der Waals surface area contributed by atoms with Crippen molar-refractivity contribution in [2.75, 3.05) is 20.2 Å². The van der Waals surface area contributed by atoms with E-state index in [2.05, 4.69) is 12.1 Å². The average Bonchev–Trinajstić information content (AvgIpc) is 2.72. The average molecular weight is 369 g/mol. The van der Waals surface area contributed by atoms with E-state index in [-0.39, 0.29) is 17.8 Å². The molecule has 1 aliphatic heterocycles. The highest BCUT2D eigenvalue weighted by atomic mass is 32.2. The monoisotopic (exact) mass is 369 g/mol. The summed E-state index contributed by atoms with van der Waals surface area (Å²) in [5, 5.41) is 0. The second kappa shape index (κ2) is 8.90. The van der Waals surface area contributed by atoms with Crippen molar-refractivity contribution in [3.63, 3.8) is 0 Å². The molecular weight excluding hydrogens is 346 g/mol. The molecule has 1 amide bonds. The van der Waals surface area contributed by atoms with Crippen LogP contribution < -0.4 is 0 Å². The Morgan fingerprint density at radius 1 is 1.04 bits per heavy atom. The van der Waals surface area contributed by atoms with E-state index in [0.29, 0.717) is 31.5 Å². The Morgan fingerprint density at radius 2 is 1.69 bits per heavy atom. The van der Waals surface area contributed by atoms with Crippen LogP contribution in [0, 0.1) is 5.92 Å². The Morgan fingerprint density at radius 3 is 2.31 bits per heavy atom.